The van der Waals surface area contributed by atoms with Gasteiger partial charge in [-0.3, -0.25) is 10.2 Å². The van der Waals surface area contributed by atoms with Crippen molar-refractivity contribution in [1.82, 2.24) is 0 Å². The molecule has 72 valence electrons. The van der Waals surface area contributed by atoms with Gasteiger partial charge in [0.2, 0.25) is 0 Å². The van der Waals surface area contributed by atoms with Crippen LogP contribution in [0.15, 0.2) is 0 Å². The van der Waals surface area contributed by atoms with Gasteiger partial charge in [0.15, 0.2) is 5.90 Å². The van der Waals surface area contributed by atoms with Crippen molar-refractivity contribution in [3.05, 3.63) is 0 Å². The van der Waals surface area contributed by atoms with Gasteiger partial charge < -0.3 is 9.47 Å². The van der Waals surface area contributed by atoms with E-state index in [0.717, 1.165) is 0 Å². The first kappa shape index (κ1) is 14.1. The van der Waals surface area contributed by atoms with Crippen LogP contribution in [0.25, 0.3) is 0 Å². The van der Waals surface area contributed by atoms with E-state index >= 15 is 0 Å². The van der Waals surface area contributed by atoms with E-state index in [4.69, 9.17) is 21.7 Å². The minimum Gasteiger partial charge on any atom is -0.479 e. The number of methoxy groups -OCH3 is 1. The maximum atomic E-state index is 10.5. The van der Waals surface area contributed by atoms with Gasteiger partial charge in [0, 0.05) is 0 Å². The Hall–Kier alpha value is -0.480. The average molecular weight is 216 g/mol. The average Bonchev–Trinajstić information content (AvgIpc) is 2.00. The van der Waals surface area contributed by atoms with E-state index in [1.807, 2.05) is 0 Å². The van der Waals surface area contributed by atoms with Crippen LogP contribution >= 0.6 is 24.0 Å². The Kier molecular flexibility index (Phi) is 10.1. The molecule has 0 heterocycles. The Morgan fingerprint density at radius 3 is 2.58 bits per heavy atom. The van der Waals surface area contributed by atoms with Gasteiger partial charge in [0.05, 0.1) is 13.0 Å². The third kappa shape index (κ3) is 7.63. The summed E-state index contributed by atoms with van der Waals surface area (Å²) >= 11 is 5.28. The minimum atomic E-state index is -0.482. The van der Waals surface area contributed by atoms with Crippen LogP contribution in [0.4, 0.5) is 0 Å². The lowest BCUT2D eigenvalue weighted by Gasteiger charge is -2.03. The summed E-state index contributed by atoms with van der Waals surface area (Å²) in [6.45, 7) is 0.247. The molecule has 0 aromatic heterocycles. The second-order valence-corrected chi connectivity index (χ2v) is 2.09. The Balaban J connectivity index is 0. The number of rotatable bonds is 4. The molecule has 0 amide bonds. The fourth-order valence-corrected chi connectivity index (χ4v) is 0.493. The van der Waals surface area contributed by atoms with E-state index in [1.54, 1.807) is 0 Å². The van der Waals surface area contributed by atoms with Crippen LogP contribution in [-0.4, -0.2) is 31.5 Å². The first-order valence-electron chi connectivity index (χ1n) is 3.03. The standard InChI is InChI=1S/C6H10ClNO3.ClH/c1-10-6(9)4-5(8)11-3-2-7;/h8H,2-4H2,1H3;1H. The van der Waals surface area contributed by atoms with Gasteiger partial charge >= 0.3 is 5.97 Å². The fourth-order valence-electron chi connectivity index (χ4n) is 0.416. The molecule has 0 aliphatic heterocycles. The molecule has 0 saturated heterocycles. The highest BCUT2D eigenvalue weighted by atomic mass is 35.5. The van der Waals surface area contributed by atoms with Crippen molar-refractivity contribution >= 4 is 35.9 Å². The smallest absolute Gasteiger partial charge is 0.314 e. The van der Waals surface area contributed by atoms with E-state index in [2.05, 4.69) is 4.74 Å². The van der Waals surface area contributed by atoms with Crippen LogP contribution in [0.1, 0.15) is 6.42 Å². The lowest BCUT2D eigenvalue weighted by molar-refractivity contribution is -0.139. The van der Waals surface area contributed by atoms with Gasteiger partial charge in [-0.25, -0.2) is 0 Å². The highest BCUT2D eigenvalue weighted by Crippen LogP contribution is 1.90. The van der Waals surface area contributed by atoms with Crippen molar-refractivity contribution in [2.45, 2.75) is 6.42 Å². The zero-order valence-corrected chi connectivity index (χ0v) is 8.20. The maximum Gasteiger partial charge on any atom is 0.314 e. The molecule has 0 aromatic carbocycles. The molecule has 0 spiro atoms. The van der Waals surface area contributed by atoms with Crippen LogP contribution in [0.5, 0.6) is 0 Å². The first-order chi connectivity index (χ1) is 5.20. The molecule has 0 unspecified atom stereocenters. The molecule has 12 heavy (non-hydrogen) atoms. The van der Waals surface area contributed by atoms with Gasteiger partial charge in [-0.2, -0.15) is 0 Å². The van der Waals surface area contributed by atoms with E-state index in [1.165, 1.54) is 7.11 Å². The largest absolute Gasteiger partial charge is 0.479 e. The van der Waals surface area contributed by atoms with Crippen molar-refractivity contribution < 1.29 is 14.3 Å². The number of hydrogen-bond donors (Lipinski definition) is 1. The molecular weight excluding hydrogens is 205 g/mol. The third-order valence-corrected chi connectivity index (χ3v) is 1.04. The quantitative estimate of drug-likeness (QED) is 0.332. The van der Waals surface area contributed by atoms with E-state index < -0.39 is 5.97 Å². The summed E-state index contributed by atoms with van der Waals surface area (Å²) in [6, 6.07) is 0. The molecule has 0 aromatic rings. The minimum absolute atomic E-state index is 0. The monoisotopic (exact) mass is 215 g/mol. The van der Waals surface area contributed by atoms with Gasteiger partial charge in [-0.05, 0) is 0 Å². The zero-order chi connectivity index (χ0) is 8.69. The summed E-state index contributed by atoms with van der Waals surface area (Å²) in [7, 11) is 1.26. The molecule has 4 nitrogen and oxygen atoms in total. The lowest BCUT2D eigenvalue weighted by Crippen LogP contribution is -2.12. The molecule has 0 fully saturated rings. The number of hydrogen-bond acceptors (Lipinski definition) is 4. The fraction of sp³-hybridized carbons (Fsp3) is 0.667. The van der Waals surface area contributed by atoms with Gasteiger partial charge in [-0.15, -0.1) is 24.0 Å². The molecule has 0 saturated carbocycles. The molecular formula is C6H11Cl2NO3. The highest BCUT2D eigenvalue weighted by Gasteiger charge is 2.05. The van der Waals surface area contributed by atoms with Crippen LogP contribution in [0.2, 0.25) is 0 Å². The van der Waals surface area contributed by atoms with Crippen LogP contribution in [0, 0.1) is 5.41 Å². The molecule has 0 bridgehead atoms. The third-order valence-electron chi connectivity index (χ3n) is 0.886. The summed E-state index contributed by atoms with van der Waals surface area (Å²) in [6.07, 6.45) is -0.132. The number of halogens is 2. The summed E-state index contributed by atoms with van der Waals surface area (Å²) in [5.74, 6) is -0.286. The normalized spacial score (nSPS) is 8.17. The Morgan fingerprint density at radius 1 is 1.58 bits per heavy atom. The highest BCUT2D eigenvalue weighted by molar-refractivity contribution is 6.18. The summed E-state index contributed by atoms with van der Waals surface area (Å²) in [5, 5.41) is 7.04. The van der Waals surface area contributed by atoms with Crippen LogP contribution in [-0.2, 0) is 14.3 Å². The number of carbonyl (C=O) groups is 1. The van der Waals surface area contributed by atoms with Gasteiger partial charge in [0.1, 0.15) is 13.0 Å². The molecule has 6 heteroatoms. The first-order valence-corrected chi connectivity index (χ1v) is 3.57. The second kappa shape index (κ2) is 8.62. The number of esters is 1. The summed E-state index contributed by atoms with van der Waals surface area (Å²) < 4.78 is 9.02. The van der Waals surface area contributed by atoms with Gasteiger partial charge in [0.25, 0.3) is 0 Å². The number of carbonyl (C=O) groups excluding carboxylic acids is 1. The molecule has 0 aliphatic rings. The predicted octanol–water partition coefficient (Wildman–Crippen LogP) is 1.20. The Morgan fingerprint density at radius 2 is 2.17 bits per heavy atom. The Bertz CT molecular complexity index is 152. The number of ether oxygens (including phenoxy) is 2. The SMILES string of the molecule is COC(=O)CC(=N)OCCCl.Cl. The van der Waals surface area contributed by atoms with E-state index in [-0.39, 0.29) is 31.3 Å². The molecule has 1 N–H and O–H groups in total. The maximum absolute atomic E-state index is 10.5. The number of nitrogens with one attached hydrogen (secondary N) is 1. The lowest BCUT2D eigenvalue weighted by atomic mass is 10.4. The van der Waals surface area contributed by atoms with E-state index in [0.29, 0.717) is 5.88 Å². The van der Waals surface area contributed by atoms with Crippen molar-refractivity contribution in [2.75, 3.05) is 19.6 Å². The molecule has 0 rings (SSSR count). The van der Waals surface area contributed by atoms with Crippen molar-refractivity contribution in [1.29, 1.82) is 5.41 Å². The Labute approximate surface area is 82.1 Å². The van der Waals surface area contributed by atoms with Crippen molar-refractivity contribution in [3.8, 4) is 0 Å². The van der Waals surface area contributed by atoms with Gasteiger partial charge in [-0.1, -0.05) is 0 Å². The van der Waals surface area contributed by atoms with E-state index in [9.17, 15) is 4.79 Å². The zero-order valence-electron chi connectivity index (χ0n) is 6.63. The summed E-state index contributed by atoms with van der Waals surface area (Å²) in [5.41, 5.74) is 0. The predicted molar refractivity (Wildman–Crippen MR) is 48.3 cm³/mol. The van der Waals surface area contributed by atoms with Crippen molar-refractivity contribution in [3.63, 3.8) is 0 Å². The van der Waals surface area contributed by atoms with Crippen LogP contribution < -0.4 is 0 Å². The molecule has 0 atom stereocenters. The second-order valence-electron chi connectivity index (χ2n) is 1.71. The molecule has 0 aliphatic carbocycles. The number of alkyl halides is 1. The molecule has 0 radical (unpaired) electrons. The summed E-state index contributed by atoms with van der Waals surface area (Å²) in [4.78, 5) is 10.5. The van der Waals surface area contributed by atoms with Crippen LogP contribution in [0.3, 0.4) is 0 Å². The topological polar surface area (TPSA) is 59.4 Å². The van der Waals surface area contributed by atoms with Crippen molar-refractivity contribution in [2.24, 2.45) is 0 Å².